The smallest absolute Gasteiger partial charge is 0.394 e. The highest BCUT2D eigenvalue weighted by Gasteiger charge is 2.19. The van der Waals surface area contributed by atoms with Crippen molar-refractivity contribution in [1.29, 1.82) is 0 Å². The zero-order valence-corrected chi connectivity index (χ0v) is 55.4. The molecule has 0 aliphatic heterocycles. The molecule has 480 valence electrons. The van der Waals surface area contributed by atoms with Gasteiger partial charge in [-0.05, 0) is 38.5 Å². The average Bonchev–Trinajstić information content (AvgIpc) is 3.32. The highest BCUT2D eigenvalue weighted by Crippen LogP contribution is 2.14. The van der Waals surface area contributed by atoms with Crippen molar-refractivity contribution in [3.8, 4) is 0 Å². The predicted octanol–water partition coefficient (Wildman–Crippen LogP) is 0.243. The fraction of sp³-hybridized carbons (Fsp3) is 1.00. The fourth-order valence-electron chi connectivity index (χ4n) is 2.44. The summed E-state index contributed by atoms with van der Waals surface area (Å²) in [6.07, 6.45) is -0.787. The monoisotopic (exact) mass is 1730 g/mol. The minimum absolute atomic E-state index is 0.118. The quantitative estimate of drug-likeness (QED) is 0.00998. The van der Waals surface area contributed by atoms with Gasteiger partial charge in [-0.2, -0.15) is 25.3 Å². The number of hydrogen-bond donors (Lipinski definition) is 12. The maximum atomic E-state index is 10.5. The lowest BCUT2D eigenvalue weighted by molar-refractivity contribution is -0.434. The van der Waals surface area contributed by atoms with Crippen LogP contribution in [0.15, 0.2) is 0 Å². The Balaban J connectivity index is -0.000000103. The first-order valence-electron chi connectivity index (χ1n) is 18.4. The maximum Gasteiger partial charge on any atom is 0.425 e. The van der Waals surface area contributed by atoms with Crippen LogP contribution >= 0.6 is 133 Å². The van der Waals surface area contributed by atoms with Crippen LogP contribution in [0.25, 0.3) is 0 Å². The van der Waals surface area contributed by atoms with Gasteiger partial charge in [0.1, 0.15) is 18.3 Å². The molecule has 0 radical (unpaired) electrons. The summed E-state index contributed by atoms with van der Waals surface area (Å²) in [6.45, 7) is -0.969. The molecule has 0 saturated carbocycles. The van der Waals surface area contributed by atoms with Crippen molar-refractivity contribution in [3.63, 3.8) is 0 Å². The van der Waals surface area contributed by atoms with Gasteiger partial charge in [0, 0.05) is 32.0 Å². The number of aliphatic hydroxyl groups is 6. The summed E-state index contributed by atoms with van der Waals surface area (Å²) in [5.74, 6) is 0. The van der Waals surface area contributed by atoms with Crippen LogP contribution in [0.3, 0.4) is 0 Å². The third kappa shape index (κ3) is 133. The second-order valence-electron chi connectivity index (χ2n) is 11.0. The van der Waals surface area contributed by atoms with Crippen LogP contribution in [0.2, 0.25) is 0 Å². The SMILES string of the molecule is O=S(=O)(O)OC(CBr)COSOOO.O=S(=O)(O)OC(CCBr)COSOOO.O=S(=O)(O)OC(CCCBr)COSOOO.O=S(=O)=O.O=S(=O)=O.O=S(=O)=O.OCC(O)CBr.OCC(O)CCBr.OCC(O)CCCBr. The van der Waals surface area contributed by atoms with E-state index < -0.39 is 99.6 Å². The summed E-state index contributed by atoms with van der Waals surface area (Å²) < 4.78 is 201. The van der Waals surface area contributed by atoms with E-state index in [-0.39, 0.29) is 69.6 Å². The van der Waals surface area contributed by atoms with Crippen molar-refractivity contribution in [2.45, 2.75) is 75.1 Å². The summed E-state index contributed by atoms with van der Waals surface area (Å²) in [7, 11) is -22.9. The van der Waals surface area contributed by atoms with Gasteiger partial charge in [-0.1, -0.05) is 111 Å². The second kappa shape index (κ2) is 74.8. The third-order valence-electron chi connectivity index (χ3n) is 5.04. The molecule has 39 nitrogen and oxygen atoms in total. The molecule has 0 aromatic heterocycles. The molecule has 6 atom stereocenters. The van der Waals surface area contributed by atoms with Gasteiger partial charge in [-0.15, -0.1) is 50.9 Å². The Bertz CT molecular complexity index is 1850. The van der Waals surface area contributed by atoms with Crippen LogP contribution in [0, 0.1) is 0 Å². The Kier molecular flexibility index (Phi) is 94.7. The van der Waals surface area contributed by atoms with Gasteiger partial charge in [-0.25, -0.2) is 28.3 Å². The van der Waals surface area contributed by atoms with Gasteiger partial charge in [-0.3, -0.25) is 26.2 Å². The van der Waals surface area contributed by atoms with Gasteiger partial charge in [0.25, 0.3) is 0 Å². The molecule has 0 saturated heterocycles. The first kappa shape index (κ1) is 98.7. The standard InChI is InChI=1S/C5H11BrO8S2.C5H11BrO2.C4H9BrO8S2.C4H9BrO2.C3H7BrO8S2.C3H7BrO2.3O3S/c6-3-1-2-5(12-16(8,9)10)4-11-15-14-13-7;6-3-1-2-5(8)4-7;5-2-1-4(11-15(7,8)9)3-10-14-13-12-6;5-2-1-4(7)3-6;4-1-3(10-14(6,7)8)2-9-13-12-11-5;4-1-3(6)2-5;3*1-4(2)3/h5,7H,1-4H2,(H,8,9,10);5,7-8H,1-4H2;4,6H,1-3H2,(H,7,8,9);4,6-7H,1-3H2;3,5H,1-2H2,(H,6,7,8);3,5-6H,1-2H2;;;. The van der Waals surface area contributed by atoms with Gasteiger partial charge in [0.15, 0.2) is 37.0 Å². The lowest BCUT2D eigenvalue weighted by Crippen LogP contribution is -2.23. The van der Waals surface area contributed by atoms with E-state index in [1.54, 1.807) is 0 Å². The van der Waals surface area contributed by atoms with Gasteiger partial charge >= 0.3 is 63.0 Å². The molecule has 0 amide bonds. The molecule has 0 heterocycles. The number of hydrogen-bond acceptors (Lipinski definition) is 39. The maximum absolute atomic E-state index is 10.5. The number of halogens is 6. The third-order valence-corrected chi connectivity index (χ3v) is 11.1. The van der Waals surface area contributed by atoms with E-state index in [1.807, 2.05) is 0 Å². The Hall–Kier alpha value is 1.68. The largest absolute Gasteiger partial charge is 0.425 e. The molecule has 0 aliphatic carbocycles. The number of rotatable bonds is 36. The first-order valence-corrected chi connectivity index (χ1v) is 34.2. The van der Waals surface area contributed by atoms with Crippen LogP contribution in [0.4, 0.5) is 0 Å². The van der Waals surface area contributed by atoms with Gasteiger partial charge in [0.2, 0.25) is 0 Å². The van der Waals surface area contributed by atoms with Crippen LogP contribution in [0.5, 0.6) is 0 Å². The minimum Gasteiger partial charge on any atom is -0.394 e. The van der Waals surface area contributed by atoms with Crippen molar-refractivity contribution < 1.29 is 176 Å². The molecule has 0 aromatic rings. The van der Waals surface area contributed by atoms with Crippen molar-refractivity contribution >= 4 is 196 Å². The molecular weight excluding hydrogens is 1680 g/mol. The van der Waals surface area contributed by atoms with Crippen LogP contribution in [0.1, 0.15) is 38.5 Å². The molecule has 0 spiro atoms. The molecule has 78 heavy (non-hydrogen) atoms. The molecule has 0 fully saturated rings. The van der Waals surface area contributed by atoms with Crippen molar-refractivity contribution in [2.24, 2.45) is 0 Å². The van der Waals surface area contributed by atoms with E-state index in [0.29, 0.717) is 60.4 Å². The first-order chi connectivity index (χ1) is 36.1. The number of alkyl halides is 6. The number of aliphatic hydroxyl groups excluding tert-OH is 6. The second-order valence-corrected chi connectivity index (χ2v) is 21.3. The summed E-state index contributed by atoms with van der Waals surface area (Å²) >= 11 is 19.3. The molecular formula is C24H54Br6O39S9. The molecule has 0 bridgehead atoms. The Morgan fingerprint density at radius 1 is 0.397 bits per heavy atom. The van der Waals surface area contributed by atoms with Crippen LogP contribution < -0.4 is 0 Å². The Morgan fingerprint density at radius 2 is 0.667 bits per heavy atom. The Labute approximate surface area is 513 Å². The highest BCUT2D eigenvalue weighted by atomic mass is 79.9. The molecule has 0 rings (SSSR count). The molecule has 12 N–H and O–H groups in total. The topological polar surface area (TPSA) is 610 Å². The Morgan fingerprint density at radius 3 is 0.885 bits per heavy atom. The molecule has 0 aliphatic rings. The summed E-state index contributed by atoms with van der Waals surface area (Å²) in [6, 6.07) is 0. The van der Waals surface area contributed by atoms with Crippen molar-refractivity contribution in [2.75, 3.05) is 71.6 Å². The van der Waals surface area contributed by atoms with E-state index in [1.165, 1.54) is 0 Å². The van der Waals surface area contributed by atoms with Crippen LogP contribution in [-0.4, -0.2) is 231 Å². The van der Waals surface area contributed by atoms with Gasteiger partial charge in [0.05, 0.1) is 58.0 Å². The highest BCUT2D eigenvalue weighted by molar-refractivity contribution is 9.10. The summed E-state index contributed by atoms with van der Waals surface area (Å²) in [5.41, 5.74) is 0. The van der Waals surface area contributed by atoms with E-state index in [2.05, 4.69) is 149 Å². The lowest BCUT2D eigenvalue weighted by Gasteiger charge is -2.13. The predicted molar refractivity (Wildman–Crippen MR) is 283 cm³/mol. The van der Waals surface area contributed by atoms with E-state index in [4.69, 9.17) is 97.9 Å². The van der Waals surface area contributed by atoms with Crippen molar-refractivity contribution in [3.05, 3.63) is 0 Å². The van der Waals surface area contributed by atoms with E-state index in [9.17, 15) is 25.3 Å². The zero-order chi connectivity index (χ0) is 63.0. The molecule has 0 aromatic carbocycles. The average molecular weight is 1730 g/mol. The van der Waals surface area contributed by atoms with Crippen LogP contribution in [-0.2, 0) is 116 Å². The minimum atomic E-state index is -4.52. The summed E-state index contributed by atoms with van der Waals surface area (Å²) in [5, 5.41) is 86.3. The molecule has 54 heteroatoms. The lowest BCUT2D eigenvalue weighted by atomic mass is 10.2. The summed E-state index contributed by atoms with van der Waals surface area (Å²) in [4.78, 5) is 0. The molecule has 6 unspecified atom stereocenters. The normalized spacial score (nSPS) is 12.8. The van der Waals surface area contributed by atoms with E-state index in [0.717, 1.165) is 17.1 Å². The zero-order valence-electron chi connectivity index (χ0n) is 38.5. The van der Waals surface area contributed by atoms with Gasteiger partial charge < -0.3 is 30.6 Å². The van der Waals surface area contributed by atoms with E-state index >= 15 is 0 Å². The fourth-order valence-corrected chi connectivity index (χ4v) is 7.09. The van der Waals surface area contributed by atoms with Crippen molar-refractivity contribution in [1.82, 2.24) is 0 Å².